The molecule has 0 aromatic carbocycles. The second-order valence-electron chi connectivity index (χ2n) is 5.27. The van der Waals surface area contributed by atoms with Gasteiger partial charge in [0, 0.05) is 6.04 Å². The molecule has 1 aromatic rings. The van der Waals surface area contributed by atoms with Crippen LogP contribution in [0.3, 0.4) is 0 Å². The number of halogens is 1. The lowest BCUT2D eigenvalue weighted by atomic mass is 9.79. The normalized spacial score (nSPS) is 28.3. The molecule has 1 saturated carbocycles. The van der Waals surface area contributed by atoms with Crippen LogP contribution in [0, 0.1) is 11.8 Å². The standard InChI is InChI=1S/C12H18ClN3O2S/c1-8-3-4-10(5-9(8)2)16-19(17,18)11-6-14-12(13)15-7-11/h6-10,16H,3-5H2,1-2H3. The Balaban J connectivity index is 2.07. The lowest BCUT2D eigenvalue weighted by molar-refractivity contribution is 0.242. The fourth-order valence-electron chi connectivity index (χ4n) is 2.38. The van der Waals surface area contributed by atoms with Gasteiger partial charge in [-0.15, -0.1) is 0 Å². The molecule has 5 nitrogen and oxygen atoms in total. The van der Waals surface area contributed by atoms with Crippen LogP contribution in [0.5, 0.6) is 0 Å². The minimum atomic E-state index is -3.55. The van der Waals surface area contributed by atoms with Crippen molar-refractivity contribution in [2.24, 2.45) is 11.8 Å². The van der Waals surface area contributed by atoms with Crippen molar-refractivity contribution >= 4 is 21.6 Å². The Morgan fingerprint density at radius 1 is 1.21 bits per heavy atom. The highest BCUT2D eigenvalue weighted by Crippen LogP contribution is 2.30. The molecule has 19 heavy (non-hydrogen) atoms. The molecule has 7 heteroatoms. The Morgan fingerprint density at radius 2 is 1.84 bits per heavy atom. The molecule has 0 amide bonds. The highest BCUT2D eigenvalue weighted by Gasteiger charge is 2.28. The van der Waals surface area contributed by atoms with Crippen molar-refractivity contribution in [1.82, 2.24) is 14.7 Å². The number of nitrogens with one attached hydrogen (secondary N) is 1. The molecule has 1 aliphatic rings. The van der Waals surface area contributed by atoms with Crippen molar-refractivity contribution in [2.45, 2.75) is 44.0 Å². The Morgan fingerprint density at radius 3 is 2.42 bits per heavy atom. The Labute approximate surface area is 118 Å². The lowest BCUT2D eigenvalue weighted by Gasteiger charge is -2.32. The van der Waals surface area contributed by atoms with Crippen molar-refractivity contribution in [1.29, 1.82) is 0 Å². The van der Waals surface area contributed by atoms with E-state index in [4.69, 9.17) is 11.6 Å². The van der Waals surface area contributed by atoms with Gasteiger partial charge in [-0.05, 0) is 42.7 Å². The molecule has 106 valence electrons. The van der Waals surface area contributed by atoms with Crippen LogP contribution in [-0.2, 0) is 10.0 Å². The molecule has 1 aliphatic carbocycles. The number of rotatable bonds is 3. The van der Waals surface area contributed by atoms with E-state index >= 15 is 0 Å². The molecule has 1 heterocycles. The van der Waals surface area contributed by atoms with Gasteiger partial charge in [0.2, 0.25) is 15.3 Å². The average molecular weight is 304 g/mol. The number of nitrogens with zero attached hydrogens (tertiary/aromatic N) is 2. The SMILES string of the molecule is CC1CCC(NS(=O)(=O)c2cnc(Cl)nc2)CC1C. The summed E-state index contributed by atoms with van der Waals surface area (Å²) in [6.07, 6.45) is 5.25. The van der Waals surface area contributed by atoms with E-state index in [2.05, 4.69) is 28.5 Å². The van der Waals surface area contributed by atoms with Gasteiger partial charge in [-0.25, -0.2) is 23.1 Å². The first-order valence-corrected chi connectivity index (χ1v) is 8.24. The first-order chi connectivity index (χ1) is 8.88. The first kappa shape index (κ1) is 14.7. The van der Waals surface area contributed by atoms with Gasteiger partial charge in [-0.3, -0.25) is 0 Å². The minimum absolute atomic E-state index is 0.00752. The van der Waals surface area contributed by atoms with E-state index in [1.54, 1.807) is 0 Å². The Kier molecular flexibility index (Phi) is 4.43. The second-order valence-corrected chi connectivity index (χ2v) is 7.33. The van der Waals surface area contributed by atoms with E-state index < -0.39 is 10.0 Å². The zero-order valence-electron chi connectivity index (χ0n) is 11.0. The summed E-state index contributed by atoms with van der Waals surface area (Å²) in [5, 5.41) is 0.0408. The molecule has 0 bridgehead atoms. The van der Waals surface area contributed by atoms with Gasteiger partial charge in [0.1, 0.15) is 4.90 Å². The van der Waals surface area contributed by atoms with Gasteiger partial charge in [0.05, 0.1) is 12.4 Å². The summed E-state index contributed by atoms with van der Waals surface area (Å²) < 4.78 is 27.1. The van der Waals surface area contributed by atoms with Crippen LogP contribution in [-0.4, -0.2) is 24.4 Å². The largest absolute Gasteiger partial charge is 0.243 e. The van der Waals surface area contributed by atoms with Crippen molar-refractivity contribution in [2.75, 3.05) is 0 Å². The maximum atomic E-state index is 12.2. The molecule has 3 atom stereocenters. The molecule has 0 spiro atoms. The summed E-state index contributed by atoms with van der Waals surface area (Å²) >= 11 is 5.55. The van der Waals surface area contributed by atoms with Gasteiger partial charge in [-0.2, -0.15) is 0 Å². The summed E-state index contributed by atoms with van der Waals surface area (Å²) in [7, 11) is -3.55. The third-order valence-electron chi connectivity index (χ3n) is 3.83. The Hall–Kier alpha value is -0.720. The van der Waals surface area contributed by atoms with E-state index in [1.165, 1.54) is 12.4 Å². The van der Waals surface area contributed by atoms with Gasteiger partial charge < -0.3 is 0 Å². The molecule has 1 fully saturated rings. The van der Waals surface area contributed by atoms with Crippen LogP contribution in [0.25, 0.3) is 0 Å². The van der Waals surface area contributed by atoms with Crippen LogP contribution < -0.4 is 4.72 Å². The van der Waals surface area contributed by atoms with E-state index in [-0.39, 0.29) is 16.2 Å². The van der Waals surface area contributed by atoms with E-state index in [0.717, 1.165) is 19.3 Å². The second kappa shape index (κ2) is 5.73. The molecule has 2 rings (SSSR count). The van der Waals surface area contributed by atoms with Crippen molar-refractivity contribution in [3.05, 3.63) is 17.7 Å². The average Bonchev–Trinajstić information content (AvgIpc) is 2.34. The van der Waals surface area contributed by atoms with Gasteiger partial charge in [0.25, 0.3) is 0 Å². The molecule has 3 unspecified atom stereocenters. The molecule has 1 N–H and O–H groups in total. The first-order valence-electron chi connectivity index (χ1n) is 6.38. The number of aromatic nitrogens is 2. The van der Waals surface area contributed by atoms with Crippen LogP contribution in [0.4, 0.5) is 0 Å². The molecule has 0 saturated heterocycles. The maximum Gasteiger partial charge on any atom is 0.243 e. The Bertz CT molecular complexity index is 532. The summed E-state index contributed by atoms with van der Waals surface area (Å²) in [6.45, 7) is 4.37. The predicted octanol–water partition coefficient (Wildman–Crippen LogP) is 2.23. The molecular weight excluding hydrogens is 286 g/mol. The molecule has 0 radical (unpaired) electrons. The quantitative estimate of drug-likeness (QED) is 0.869. The fourth-order valence-corrected chi connectivity index (χ4v) is 3.65. The molecule has 1 aromatic heterocycles. The summed E-state index contributed by atoms with van der Waals surface area (Å²) in [6, 6.07) is -0.00752. The van der Waals surface area contributed by atoms with Gasteiger partial charge >= 0.3 is 0 Å². The van der Waals surface area contributed by atoms with E-state index in [0.29, 0.717) is 11.8 Å². The van der Waals surface area contributed by atoms with Crippen LogP contribution in [0.15, 0.2) is 17.3 Å². The zero-order valence-corrected chi connectivity index (χ0v) is 12.6. The van der Waals surface area contributed by atoms with E-state index in [1.807, 2.05) is 0 Å². The van der Waals surface area contributed by atoms with Crippen LogP contribution in [0.2, 0.25) is 5.28 Å². The van der Waals surface area contributed by atoms with Crippen LogP contribution >= 0.6 is 11.6 Å². The van der Waals surface area contributed by atoms with Crippen molar-refractivity contribution in [3.63, 3.8) is 0 Å². The third-order valence-corrected chi connectivity index (χ3v) is 5.50. The zero-order chi connectivity index (χ0) is 14.0. The third kappa shape index (κ3) is 3.64. The van der Waals surface area contributed by atoms with Crippen molar-refractivity contribution < 1.29 is 8.42 Å². The van der Waals surface area contributed by atoms with E-state index in [9.17, 15) is 8.42 Å². The number of hydrogen-bond acceptors (Lipinski definition) is 4. The van der Waals surface area contributed by atoms with Crippen molar-refractivity contribution in [3.8, 4) is 0 Å². The monoisotopic (exact) mass is 303 g/mol. The highest BCUT2D eigenvalue weighted by atomic mass is 35.5. The van der Waals surface area contributed by atoms with Gasteiger partial charge in [0.15, 0.2) is 0 Å². The smallest absolute Gasteiger partial charge is 0.225 e. The highest BCUT2D eigenvalue weighted by molar-refractivity contribution is 7.89. The maximum absolute atomic E-state index is 12.2. The topological polar surface area (TPSA) is 72.0 Å². The summed E-state index contributed by atoms with van der Waals surface area (Å²) in [5.41, 5.74) is 0. The molecule has 0 aliphatic heterocycles. The van der Waals surface area contributed by atoms with Crippen LogP contribution in [0.1, 0.15) is 33.1 Å². The van der Waals surface area contributed by atoms with Gasteiger partial charge in [-0.1, -0.05) is 13.8 Å². The summed E-state index contributed by atoms with van der Waals surface area (Å²) in [4.78, 5) is 7.46. The molecular formula is C12H18ClN3O2S. The number of hydrogen-bond donors (Lipinski definition) is 1. The summed E-state index contributed by atoms with van der Waals surface area (Å²) in [5.74, 6) is 1.18. The fraction of sp³-hybridized carbons (Fsp3) is 0.667. The predicted molar refractivity (Wildman–Crippen MR) is 73.3 cm³/mol. The minimum Gasteiger partial charge on any atom is -0.225 e. The lowest BCUT2D eigenvalue weighted by Crippen LogP contribution is -2.39. The number of sulfonamides is 1.